The molecule has 3 rings (SSSR count). The highest BCUT2D eigenvalue weighted by Gasteiger charge is 2.12. The molecule has 0 bridgehead atoms. The number of imidazole rings is 1. The molecule has 0 atom stereocenters. The molecule has 0 saturated carbocycles. The number of nitrogens with zero attached hydrogens (tertiary/aromatic N) is 3. The van der Waals surface area contributed by atoms with Crippen LogP contribution in [0.25, 0.3) is 11.0 Å². The lowest BCUT2D eigenvalue weighted by atomic mass is 10.3. The summed E-state index contributed by atoms with van der Waals surface area (Å²) < 4.78 is 2.25. The fourth-order valence-corrected chi connectivity index (χ4v) is 3.02. The fraction of sp³-hybridized carbons (Fsp3) is 0.250. The van der Waals surface area contributed by atoms with Crippen LogP contribution in [0.15, 0.2) is 53.8 Å². The summed E-state index contributed by atoms with van der Waals surface area (Å²) in [6, 6.07) is 14.3. The third-order valence-electron chi connectivity index (χ3n) is 3.01. The number of rotatable bonds is 4. The Morgan fingerprint density at radius 1 is 1.10 bits per heavy atom. The van der Waals surface area contributed by atoms with Crippen LogP contribution in [0.4, 0.5) is 0 Å². The Bertz CT molecular complexity index is 704. The van der Waals surface area contributed by atoms with Gasteiger partial charge < -0.3 is 4.57 Å². The highest BCUT2D eigenvalue weighted by Crippen LogP contribution is 2.27. The fourth-order valence-electron chi connectivity index (χ4n) is 2.16. The van der Waals surface area contributed by atoms with Crippen molar-refractivity contribution < 1.29 is 0 Å². The first-order chi connectivity index (χ1) is 9.74. The Hall–Kier alpha value is -1.81. The van der Waals surface area contributed by atoms with Crippen molar-refractivity contribution in [2.45, 2.75) is 30.8 Å². The molecule has 2 heterocycles. The van der Waals surface area contributed by atoms with E-state index in [0.29, 0.717) is 5.25 Å². The topological polar surface area (TPSA) is 30.7 Å². The average Bonchev–Trinajstić information content (AvgIpc) is 2.77. The van der Waals surface area contributed by atoms with Crippen LogP contribution in [0.1, 0.15) is 19.5 Å². The van der Waals surface area contributed by atoms with E-state index < -0.39 is 0 Å². The van der Waals surface area contributed by atoms with Gasteiger partial charge in [-0.05, 0) is 24.3 Å². The lowest BCUT2D eigenvalue weighted by Crippen LogP contribution is -2.04. The highest BCUT2D eigenvalue weighted by atomic mass is 32.2. The number of hydrogen-bond donors (Lipinski definition) is 0. The van der Waals surface area contributed by atoms with Crippen LogP contribution in [-0.4, -0.2) is 19.8 Å². The predicted molar refractivity (Wildman–Crippen MR) is 84.1 cm³/mol. The Labute approximate surface area is 123 Å². The van der Waals surface area contributed by atoms with Crippen LogP contribution in [0.5, 0.6) is 0 Å². The third-order valence-corrected chi connectivity index (χ3v) is 4.00. The van der Waals surface area contributed by atoms with Gasteiger partial charge in [0.25, 0.3) is 0 Å². The number of hydrogen-bond acceptors (Lipinski definition) is 3. The number of thioether (sulfide) groups is 1. The van der Waals surface area contributed by atoms with E-state index in [9.17, 15) is 0 Å². The zero-order valence-electron chi connectivity index (χ0n) is 11.7. The van der Waals surface area contributed by atoms with Crippen LogP contribution < -0.4 is 0 Å². The van der Waals surface area contributed by atoms with Crippen molar-refractivity contribution in [1.82, 2.24) is 14.5 Å². The summed E-state index contributed by atoms with van der Waals surface area (Å²) in [6.07, 6.45) is 1.84. The maximum absolute atomic E-state index is 4.75. The second kappa shape index (κ2) is 5.67. The largest absolute Gasteiger partial charge is 0.313 e. The van der Waals surface area contributed by atoms with E-state index in [-0.39, 0.29) is 0 Å². The minimum atomic E-state index is 0.509. The zero-order chi connectivity index (χ0) is 13.9. The van der Waals surface area contributed by atoms with Gasteiger partial charge in [-0.25, -0.2) is 4.98 Å². The lowest BCUT2D eigenvalue weighted by molar-refractivity contribution is 0.713. The van der Waals surface area contributed by atoms with Crippen molar-refractivity contribution >= 4 is 22.8 Å². The first-order valence-corrected chi connectivity index (χ1v) is 7.64. The summed E-state index contributed by atoms with van der Waals surface area (Å²) in [5.41, 5.74) is 3.27. The summed E-state index contributed by atoms with van der Waals surface area (Å²) in [7, 11) is 0. The maximum Gasteiger partial charge on any atom is 0.169 e. The lowest BCUT2D eigenvalue weighted by Gasteiger charge is -2.09. The second-order valence-electron chi connectivity index (χ2n) is 4.96. The van der Waals surface area contributed by atoms with Crippen molar-refractivity contribution in [2.24, 2.45) is 0 Å². The summed E-state index contributed by atoms with van der Waals surface area (Å²) in [4.78, 5) is 9.17. The van der Waals surface area contributed by atoms with Crippen molar-refractivity contribution in [1.29, 1.82) is 0 Å². The van der Waals surface area contributed by atoms with Gasteiger partial charge in [0.15, 0.2) is 5.16 Å². The minimum absolute atomic E-state index is 0.509. The van der Waals surface area contributed by atoms with E-state index in [4.69, 9.17) is 4.98 Å². The highest BCUT2D eigenvalue weighted by molar-refractivity contribution is 7.99. The Morgan fingerprint density at radius 2 is 1.90 bits per heavy atom. The van der Waals surface area contributed by atoms with Crippen LogP contribution >= 0.6 is 11.8 Å². The summed E-state index contributed by atoms with van der Waals surface area (Å²) in [5.74, 6) is 0. The molecule has 102 valence electrons. The number of aromatic nitrogens is 3. The van der Waals surface area contributed by atoms with Gasteiger partial charge in [0.1, 0.15) is 0 Å². The third kappa shape index (κ3) is 2.70. The monoisotopic (exact) mass is 283 g/mol. The van der Waals surface area contributed by atoms with Gasteiger partial charge in [0.2, 0.25) is 0 Å². The molecule has 3 aromatic rings. The zero-order valence-corrected chi connectivity index (χ0v) is 12.5. The molecule has 0 amide bonds. The van der Waals surface area contributed by atoms with Gasteiger partial charge in [0.05, 0.1) is 23.3 Å². The number of para-hydroxylation sites is 2. The number of fused-ring (bicyclic) bond motifs is 1. The molecule has 0 spiro atoms. The van der Waals surface area contributed by atoms with E-state index >= 15 is 0 Å². The molecule has 0 aliphatic rings. The second-order valence-corrected chi connectivity index (χ2v) is 6.50. The standard InChI is InChI=1S/C16H17N3S/c1-12(2)20-16-18-14-8-3-4-9-15(14)19(16)11-13-7-5-6-10-17-13/h3-10,12H,11H2,1-2H3. The van der Waals surface area contributed by atoms with E-state index in [1.54, 1.807) is 11.8 Å². The SMILES string of the molecule is CC(C)Sc1nc2ccccc2n1Cc1ccccn1. The molecule has 3 nitrogen and oxygen atoms in total. The van der Waals surface area contributed by atoms with E-state index in [0.717, 1.165) is 22.9 Å². The molecule has 0 aliphatic heterocycles. The molecule has 2 aromatic heterocycles. The molecule has 0 N–H and O–H groups in total. The predicted octanol–water partition coefficient (Wildman–Crippen LogP) is 3.98. The van der Waals surface area contributed by atoms with Gasteiger partial charge in [-0.1, -0.05) is 43.8 Å². The minimum Gasteiger partial charge on any atom is -0.313 e. The van der Waals surface area contributed by atoms with Gasteiger partial charge in [-0.2, -0.15) is 0 Å². The molecule has 0 saturated heterocycles. The van der Waals surface area contributed by atoms with Crippen molar-refractivity contribution in [3.05, 3.63) is 54.4 Å². The Morgan fingerprint density at radius 3 is 2.65 bits per heavy atom. The van der Waals surface area contributed by atoms with Crippen molar-refractivity contribution in [2.75, 3.05) is 0 Å². The van der Waals surface area contributed by atoms with Crippen molar-refractivity contribution in [3.63, 3.8) is 0 Å². The van der Waals surface area contributed by atoms with Gasteiger partial charge in [-0.15, -0.1) is 0 Å². The Kier molecular flexibility index (Phi) is 3.74. The summed E-state index contributed by atoms with van der Waals surface area (Å²) in [6.45, 7) is 5.14. The van der Waals surface area contributed by atoms with Crippen LogP contribution in [0, 0.1) is 0 Å². The molecule has 0 radical (unpaired) electrons. The van der Waals surface area contributed by atoms with Crippen LogP contribution in [0.3, 0.4) is 0 Å². The molecule has 1 aromatic carbocycles. The molecule has 4 heteroatoms. The van der Waals surface area contributed by atoms with E-state index in [2.05, 4.69) is 47.7 Å². The summed E-state index contributed by atoms with van der Waals surface area (Å²) in [5, 5.41) is 1.57. The average molecular weight is 283 g/mol. The molecule has 0 fully saturated rings. The summed E-state index contributed by atoms with van der Waals surface area (Å²) >= 11 is 1.79. The number of benzene rings is 1. The van der Waals surface area contributed by atoms with Gasteiger partial charge in [0, 0.05) is 11.4 Å². The van der Waals surface area contributed by atoms with Gasteiger partial charge in [-0.3, -0.25) is 4.98 Å². The Balaban J connectivity index is 2.06. The van der Waals surface area contributed by atoms with E-state index in [1.165, 1.54) is 5.52 Å². The first kappa shape index (κ1) is 13.2. The normalized spacial score (nSPS) is 11.3. The quantitative estimate of drug-likeness (QED) is 0.679. The number of pyridine rings is 1. The smallest absolute Gasteiger partial charge is 0.169 e. The van der Waals surface area contributed by atoms with E-state index in [1.807, 2.05) is 24.4 Å². The maximum atomic E-state index is 4.75. The van der Waals surface area contributed by atoms with Gasteiger partial charge >= 0.3 is 0 Å². The first-order valence-electron chi connectivity index (χ1n) is 6.76. The molecule has 0 unspecified atom stereocenters. The molecule has 20 heavy (non-hydrogen) atoms. The van der Waals surface area contributed by atoms with Crippen LogP contribution in [-0.2, 0) is 6.54 Å². The molecule has 0 aliphatic carbocycles. The van der Waals surface area contributed by atoms with Crippen LogP contribution in [0.2, 0.25) is 0 Å². The van der Waals surface area contributed by atoms with Crippen molar-refractivity contribution in [3.8, 4) is 0 Å². The molecular formula is C16H17N3S. The molecular weight excluding hydrogens is 266 g/mol.